The fourth-order valence-electron chi connectivity index (χ4n) is 3.41. The number of ether oxygens (including phenoxy) is 1. The molecule has 2 saturated heterocycles. The fraction of sp³-hybridized carbons (Fsp3) is 0.667. The van der Waals surface area contributed by atoms with Gasteiger partial charge in [0.2, 0.25) is 0 Å². The molecule has 2 heterocycles. The lowest BCUT2D eigenvalue weighted by atomic mass is 10.1. The first kappa shape index (κ1) is 17.2. The highest BCUT2D eigenvalue weighted by Gasteiger charge is 2.16. The second-order valence-electron chi connectivity index (χ2n) is 6.62. The van der Waals surface area contributed by atoms with Crippen molar-refractivity contribution in [2.75, 3.05) is 71.0 Å². The monoisotopic (exact) mass is 381 g/mol. The summed E-state index contributed by atoms with van der Waals surface area (Å²) in [7, 11) is 2.22. The molecule has 2 aliphatic heterocycles. The normalized spacial score (nSPS) is 20.9. The van der Waals surface area contributed by atoms with Gasteiger partial charge in [0.25, 0.3) is 0 Å². The van der Waals surface area contributed by atoms with Crippen molar-refractivity contribution in [3.63, 3.8) is 0 Å². The van der Waals surface area contributed by atoms with Crippen LogP contribution in [0.1, 0.15) is 12.0 Å². The fourth-order valence-corrected chi connectivity index (χ4v) is 3.76. The molecule has 0 amide bonds. The maximum atomic E-state index is 5.50. The van der Waals surface area contributed by atoms with Crippen LogP contribution >= 0.6 is 15.9 Å². The highest BCUT2D eigenvalue weighted by molar-refractivity contribution is 9.10. The Morgan fingerprint density at radius 2 is 1.78 bits per heavy atom. The Morgan fingerprint density at radius 1 is 1.04 bits per heavy atom. The van der Waals surface area contributed by atoms with Crippen LogP contribution in [0.4, 0.5) is 5.69 Å². The molecule has 0 unspecified atom stereocenters. The number of halogens is 1. The van der Waals surface area contributed by atoms with Crippen molar-refractivity contribution in [3.8, 4) is 0 Å². The van der Waals surface area contributed by atoms with Gasteiger partial charge in [0, 0.05) is 49.4 Å². The lowest BCUT2D eigenvalue weighted by molar-refractivity contribution is 0.122. The first-order valence-electron chi connectivity index (χ1n) is 8.74. The average molecular weight is 382 g/mol. The quantitative estimate of drug-likeness (QED) is 0.779. The maximum absolute atomic E-state index is 5.50. The Labute approximate surface area is 148 Å². The average Bonchev–Trinajstić information content (AvgIpc) is 2.59. The van der Waals surface area contributed by atoms with E-state index in [9.17, 15) is 0 Å². The Hall–Kier alpha value is -0.620. The van der Waals surface area contributed by atoms with E-state index in [0.29, 0.717) is 0 Å². The second kappa shape index (κ2) is 8.47. The van der Waals surface area contributed by atoms with Crippen molar-refractivity contribution >= 4 is 21.6 Å². The van der Waals surface area contributed by atoms with Gasteiger partial charge < -0.3 is 19.4 Å². The third kappa shape index (κ3) is 4.92. The lowest BCUT2D eigenvalue weighted by Gasteiger charge is -2.33. The van der Waals surface area contributed by atoms with E-state index < -0.39 is 0 Å². The summed E-state index contributed by atoms with van der Waals surface area (Å²) >= 11 is 3.63. The summed E-state index contributed by atoms with van der Waals surface area (Å²) in [6.45, 7) is 9.74. The van der Waals surface area contributed by atoms with Crippen molar-refractivity contribution in [2.45, 2.75) is 12.8 Å². The van der Waals surface area contributed by atoms with Gasteiger partial charge in [-0.2, -0.15) is 0 Å². The van der Waals surface area contributed by atoms with E-state index in [0.717, 1.165) is 32.7 Å². The van der Waals surface area contributed by atoms with Crippen LogP contribution in [0.3, 0.4) is 0 Å². The molecular weight excluding hydrogens is 354 g/mol. The minimum absolute atomic E-state index is 0.841. The van der Waals surface area contributed by atoms with Gasteiger partial charge in [-0.15, -0.1) is 0 Å². The Balaban J connectivity index is 1.56. The Kier molecular flexibility index (Phi) is 6.34. The molecular formula is C18H28BrN3O. The summed E-state index contributed by atoms with van der Waals surface area (Å²) in [6.07, 6.45) is 2.40. The van der Waals surface area contributed by atoms with Gasteiger partial charge in [0.05, 0.1) is 13.2 Å². The number of morpholine rings is 1. The molecule has 0 radical (unpaired) electrons. The van der Waals surface area contributed by atoms with Gasteiger partial charge >= 0.3 is 0 Å². The summed E-state index contributed by atoms with van der Waals surface area (Å²) in [5, 5.41) is 0. The SMILES string of the molecule is CN1CCN(CCCc2ccc(Br)cc2N2CCOCC2)CC1. The van der Waals surface area contributed by atoms with E-state index in [2.05, 4.69) is 55.9 Å². The Bertz CT molecular complexity index is 497. The third-order valence-corrected chi connectivity index (χ3v) is 5.41. The number of anilines is 1. The molecule has 5 heteroatoms. The summed E-state index contributed by atoms with van der Waals surface area (Å²) in [5.74, 6) is 0. The summed E-state index contributed by atoms with van der Waals surface area (Å²) in [6, 6.07) is 6.74. The highest BCUT2D eigenvalue weighted by Crippen LogP contribution is 2.27. The molecule has 0 bridgehead atoms. The van der Waals surface area contributed by atoms with Crippen LogP contribution in [0.2, 0.25) is 0 Å². The summed E-state index contributed by atoms with van der Waals surface area (Å²) in [4.78, 5) is 7.49. The van der Waals surface area contributed by atoms with Crippen LogP contribution in [-0.4, -0.2) is 75.9 Å². The number of piperazine rings is 1. The van der Waals surface area contributed by atoms with Crippen molar-refractivity contribution in [2.24, 2.45) is 0 Å². The predicted molar refractivity (Wildman–Crippen MR) is 99.4 cm³/mol. The van der Waals surface area contributed by atoms with Crippen molar-refractivity contribution in [1.29, 1.82) is 0 Å². The number of hydrogen-bond donors (Lipinski definition) is 0. The van der Waals surface area contributed by atoms with E-state index in [1.807, 2.05) is 0 Å². The maximum Gasteiger partial charge on any atom is 0.0642 e. The van der Waals surface area contributed by atoms with Crippen LogP contribution in [0.15, 0.2) is 22.7 Å². The van der Waals surface area contributed by atoms with Gasteiger partial charge in [0.1, 0.15) is 0 Å². The van der Waals surface area contributed by atoms with Gasteiger partial charge in [0.15, 0.2) is 0 Å². The number of aryl methyl sites for hydroxylation is 1. The number of rotatable bonds is 5. The van der Waals surface area contributed by atoms with Gasteiger partial charge in [-0.3, -0.25) is 0 Å². The molecule has 2 fully saturated rings. The zero-order valence-electron chi connectivity index (χ0n) is 14.1. The molecule has 128 valence electrons. The van der Waals surface area contributed by atoms with Crippen molar-refractivity contribution in [1.82, 2.24) is 9.80 Å². The molecule has 0 N–H and O–H groups in total. The molecule has 0 aliphatic carbocycles. The highest BCUT2D eigenvalue weighted by atomic mass is 79.9. The standard InChI is InChI=1S/C18H28BrN3O/c1-20-7-9-21(10-8-20)6-2-3-16-4-5-17(19)15-18(16)22-11-13-23-14-12-22/h4-5,15H,2-3,6-14H2,1H3. The van der Waals surface area contributed by atoms with Crippen LogP contribution in [0, 0.1) is 0 Å². The van der Waals surface area contributed by atoms with Crippen molar-refractivity contribution in [3.05, 3.63) is 28.2 Å². The first-order chi connectivity index (χ1) is 11.2. The third-order valence-electron chi connectivity index (χ3n) is 4.92. The molecule has 1 aromatic rings. The van der Waals surface area contributed by atoms with E-state index in [-0.39, 0.29) is 0 Å². The molecule has 0 saturated carbocycles. The topological polar surface area (TPSA) is 19.0 Å². The zero-order chi connectivity index (χ0) is 16.1. The molecule has 0 atom stereocenters. The first-order valence-corrected chi connectivity index (χ1v) is 9.54. The number of benzene rings is 1. The van der Waals surface area contributed by atoms with E-state index >= 15 is 0 Å². The van der Waals surface area contributed by atoms with E-state index in [1.54, 1.807) is 0 Å². The van der Waals surface area contributed by atoms with E-state index in [1.165, 1.54) is 54.9 Å². The van der Waals surface area contributed by atoms with Crippen LogP contribution in [0.25, 0.3) is 0 Å². The van der Waals surface area contributed by atoms with Crippen molar-refractivity contribution < 1.29 is 4.74 Å². The number of nitrogens with zero attached hydrogens (tertiary/aromatic N) is 3. The number of hydrogen-bond acceptors (Lipinski definition) is 4. The molecule has 0 aromatic heterocycles. The van der Waals surface area contributed by atoms with Crippen LogP contribution in [-0.2, 0) is 11.2 Å². The lowest BCUT2D eigenvalue weighted by Crippen LogP contribution is -2.44. The molecule has 1 aromatic carbocycles. The van der Waals surface area contributed by atoms with Crippen LogP contribution in [0.5, 0.6) is 0 Å². The Morgan fingerprint density at radius 3 is 2.52 bits per heavy atom. The summed E-state index contributed by atoms with van der Waals surface area (Å²) in [5.41, 5.74) is 2.87. The minimum Gasteiger partial charge on any atom is -0.378 e. The zero-order valence-corrected chi connectivity index (χ0v) is 15.7. The van der Waals surface area contributed by atoms with Crippen LogP contribution < -0.4 is 4.90 Å². The van der Waals surface area contributed by atoms with Gasteiger partial charge in [-0.1, -0.05) is 22.0 Å². The number of likely N-dealkylation sites (N-methyl/N-ethyl adjacent to an activating group) is 1. The molecule has 2 aliphatic rings. The molecule has 3 rings (SSSR count). The van der Waals surface area contributed by atoms with Gasteiger partial charge in [-0.25, -0.2) is 0 Å². The van der Waals surface area contributed by atoms with E-state index in [4.69, 9.17) is 4.74 Å². The molecule has 23 heavy (non-hydrogen) atoms. The molecule has 4 nitrogen and oxygen atoms in total. The second-order valence-corrected chi connectivity index (χ2v) is 7.54. The predicted octanol–water partition coefficient (Wildman–Crippen LogP) is 2.47. The largest absolute Gasteiger partial charge is 0.378 e. The summed E-state index contributed by atoms with van der Waals surface area (Å²) < 4.78 is 6.66. The van der Waals surface area contributed by atoms with Gasteiger partial charge in [-0.05, 0) is 44.1 Å². The minimum atomic E-state index is 0.841. The smallest absolute Gasteiger partial charge is 0.0642 e. The molecule has 0 spiro atoms.